The van der Waals surface area contributed by atoms with E-state index in [1.165, 1.54) is 18.4 Å². The third kappa shape index (κ3) is 10.5. The van der Waals surface area contributed by atoms with E-state index < -0.39 is 11.0 Å². The summed E-state index contributed by atoms with van der Waals surface area (Å²) in [5.41, 5.74) is 1.56. The fourth-order valence-corrected chi connectivity index (χ4v) is 4.48. The Hall–Kier alpha value is -1.56. The minimum atomic E-state index is -0.777. The van der Waals surface area contributed by atoms with Gasteiger partial charge in [0.05, 0.1) is 17.6 Å². The molecule has 0 aromatic heterocycles. The summed E-state index contributed by atoms with van der Waals surface area (Å²) in [6.07, 6.45) is 7.52. The Bertz CT molecular complexity index is 740. The molecule has 0 heterocycles. The number of phenolic OH excluding ortho intramolecular Hbond substituents is 1. The lowest BCUT2D eigenvalue weighted by molar-refractivity contribution is 0.309. The fraction of sp³-hybridized carbons (Fsp3) is 0.520. The quantitative estimate of drug-likeness (QED) is 0.466. The summed E-state index contributed by atoms with van der Waals surface area (Å²) < 4.78 is 18.9. The van der Waals surface area contributed by atoms with Crippen LogP contribution in [0.1, 0.15) is 58.4 Å². The van der Waals surface area contributed by atoms with Crippen molar-refractivity contribution in [1.82, 2.24) is 4.31 Å². The molecule has 0 saturated heterocycles. The Morgan fingerprint density at radius 3 is 2.00 bits per heavy atom. The summed E-state index contributed by atoms with van der Waals surface area (Å²) in [5, 5.41) is 9.73. The van der Waals surface area contributed by atoms with Crippen molar-refractivity contribution in [2.75, 3.05) is 19.4 Å². The van der Waals surface area contributed by atoms with Gasteiger partial charge in [-0.05, 0) is 75.4 Å². The molecule has 1 aliphatic rings. The summed E-state index contributed by atoms with van der Waals surface area (Å²) in [5.74, 6) is 1.08. The smallest absolute Gasteiger partial charge is 0.119 e. The average molecular weight is 468 g/mol. The highest BCUT2D eigenvalue weighted by molar-refractivity contribution is 7.81. The van der Waals surface area contributed by atoms with Gasteiger partial charge < -0.3 is 9.84 Å². The van der Waals surface area contributed by atoms with Gasteiger partial charge in [-0.2, -0.15) is 0 Å². The Morgan fingerprint density at radius 1 is 1.03 bits per heavy atom. The van der Waals surface area contributed by atoms with Gasteiger partial charge >= 0.3 is 0 Å². The number of rotatable bonds is 8. The Labute approximate surface area is 196 Å². The maximum absolute atomic E-state index is 11.4. The molecule has 0 spiro atoms. The topological polar surface area (TPSA) is 49.8 Å². The van der Waals surface area contributed by atoms with E-state index in [0.717, 1.165) is 43.2 Å². The molecule has 0 aliphatic heterocycles. The first-order chi connectivity index (χ1) is 14.8. The van der Waals surface area contributed by atoms with Crippen LogP contribution in [0.3, 0.4) is 0 Å². The number of phenols is 1. The maximum atomic E-state index is 11.4. The molecule has 4 nitrogen and oxygen atoms in total. The van der Waals surface area contributed by atoms with Crippen LogP contribution in [0.15, 0.2) is 48.5 Å². The number of aryl methyl sites for hydroxylation is 1. The molecule has 6 heteroatoms. The fourth-order valence-electron chi connectivity index (χ4n) is 3.06. The van der Waals surface area contributed by atoms with Crippen LogP contribution in [0.4, 0.5) is 0 Å². The molecule has 1 unspecified atom stereocenters. The second-order valence-corrected chi connectivity index (χ2v) is 9.47. The highest BCUT2D eigenvalue weighted by Crippen LogP contribution is 2.45. The molecule has 2 aromatic carbocycles. The monoisotopic (exact) mass is 467 g/mol. The summed E-state index contributed by atoms with van der Waals surface area (Å²) >= 11 is 5.61. The normalized spacial score (nSPS) is 14.5. The molecule has 174 valence electrons. The molecule has 0 bridgehead atoms. The summed E-state index contributed by atoms with van der Waals surface area (Å²) in [6.45, 7) is 10.1. The van der Waals surface area contributed by atoms with E-state index >= 15 is 0 Å². The first-order valence-corrected chi connectivity index (χ1v) is 12.9. The van der Waals surface area contributed by atoms with Crippen molar-refractivity contribution in [3.63, 3.8) is 0 Å². The lowest BCUT2D eigenvalue weighted by Gasteiger charge is -2.27. The number of halogens is 1. The molecule has 1 saturated carbocycles. The van der Waals surface area contributed by atoms with Crippen molar-refractivity contribution in [2.24, 2.45) is 0 Å². The van der Waals surface area contributed by atoms with Gasteiger partial charge in [-0.15, -0.1) is 0 Å². The predicted octanol–water partition coefficient (Wildman–Crippen LogP) is 6.76. The molecule has 1 atom stereocenters. The Morgan fingerprint density at radius 2 is 1.61 bits per heavy atom. The third-order valence-electron chi connectivity index (χ3n) is 5.07. The van der Waals surface area contributed by atoms with Gasteiger partial charge in [0, 0.05) is 23.4 Å². The van der Waals surface area contributed by atoms with Crippen LogP contribution in [0.2, 0.25) is 5.02 Å². The van der Waals surface area contributed by atoms with Crippen LogP contribution in [0.25, 0.3) is 0 Å². The van der Waals surface area contributed by atoms with Crippen LogP contribution in [-0.2, 0) is 11.0 Å². The molecular formula is C25H38ClNO3S. The SMILES string of the molecule is CCCN(S(C)=O)C1(CC)CC1.CCCOc1ccc(O)cc1.Cc1ccc(Cl)cc1. The van der Waals surface area contributed by atoms with Crippen LogP contribution >= 0.6 is 11.6 Å². The number of nitrogens with zero attached hydrogens (tertiary/aromatic N) is 1. The van der Waals surface area contributed by atoms with E-state index in [4.69, 9.17) is 21.4 Å². The minimum absolute atomic E-state index is 0.272. The number of hydrogen-bond acceptors (Lipinski definition) is 3. The van der Waals surface area contributed by atoms with E-state index in [-0.39, 0.29) is 5.75 Å². The molecule has 2 aromatic rings. The van der Waals surface area contributed by atoms with Gasteiger partial charge in [0.15, 0.2) is 0 Å². The molecule has 1 fully saturated rings. The van der Waals surface area contributed by atoms with Crippen molar-refractivity contribution in [3.05, 3.63) is 59.1 Å². The minimum Gasteiger partial charge on any atom is -0.508 e. The Kier molecular flexibility index (Phi) is 12.8. The zero-order chi connectivity index (χ0) is 23.3. The molecule has 0 radical (unpaired) electrons. The lowest BCUT2D eigenvalue weighted by atomic mass is 10.2. The third-order valence-corrected chi connectivity index (χ3v) is 6.51. The van der Waals surface area contributed by atoms with E-state index in [0.29, 0.717) is 5.54 Å². The number of hydrogen-bond donors (Lipinski definition) is 1. The molecule has 31 heavy (non-hydrogen) atoms. The van der Waals surface area contributed by atoms with E-state index in [2.05, 4.69) is 25.1 Å². The van der Waals surface area contributed by atoms with Crippen LogP contribution in [0, 0.1) is 6.92 Å². The summed E-state index contributed by atoms with van der Waals surface area (Å²) in [4.78, 5) is 0. The summed E-state index contributed by atoms with van der Waals surface area (Å²) in [6, 6.07) is 14.5. The van der Waals surface area contributed by atoms with E-state index in [9.17, 15) is 4.21 Å². The summed E-state index contributed by atoms with van der Waals surface area (Å²) in [7, 11) is -0.777. The zero-order valence-electron chi connectivity index (χ0n) is 19.6. The maximum Gasteiger partial charge on any atom is 0.119 e. The van der Waals surface area contributed by atoms with Crippen molar-refractivity contribution >= 4 is 22.6 Å². The lowest BCUT2D eigenvalue weighted by Crippen LogP contribution is -2.38. The van der Waals surface area contributed by atoms with Crippen LogP contribution < -0.4 is 4.74 Å². The highest BCUT2D eigenvalue weighted by atomic mass is 35.5. The number of benzene rings is 2. The van der Waals surface area contributed by atoms with Gasteiger partial charge in [0.2, 0.25) is 0 Å². The van der Waals surface area contributed by atoms with Crippen molar-refractivity contribution < 1.29 is 14.1 Å². The molecule has 3 rings (SSSR count). The highest BCUT2D eigenvalue weighted by Gasteiger charge is 2.47. The van der Waals surface area contributed by atoms with Gasteiger partial charge in [0.1, 0.15) is 11.5 Å². The van der Waals surface area contributed by atoms with Crippen molar-refractivity contribution in [1.29, 1.82) is 0 Å². The number of aromatic hydroxyl groups is 1. The van der Waals surface area contributed by atoms with Gasteiger partial charge in [-0.3, -0.25) is 0 Å². The van der Waals surface area contributed by atoms with Gasteiger partial charge in [0.25, 0.3) is 0 Å². The van der Waals surface area contributed by atoms with Gasteiger partial charge in [-0.25, -0.2) is 8.51 Å². The largest absolute Gasteiger partial charge is 0.508 e. The van der Waals surface area contributed by atoms with E-state index in [1.54, 1.807) is 30.5 Å². The molecule has 1 aliphatic carbocycles. The molecule has 0 amide bonds. The molecule has 1 N–H and O–H groups in total. The van der Waals surface area contributed by atoms with Crippen molar-refractivity contribution in [2.45, 2.75) is 65.3 Å². The Balaban J connectivity index is 0.000000237. The second-order valence-electron chi connectivity index (χ2n) is 7.74. The van der Waals surface area contributed by atoms with Crippen molar-refractivity contribution in [3.8, 4) is 11.5 Å². The first-order valence-electron chi connectivity index (χ1n) is 11.0. The predicted molar refractivity (Wildman–Crippen MR) is 133 cm³/mol. The van der Waals surface area contributed by atoms with Crippen LogP contribution in [-0.4, -0.2) is 38.6 Å². The standard InChI is InChI=1S/C9H19NOS.C9H12O2.C7H7Cl/c1-4-8-10(12(3)11)9(5-2)6-7-9;1-2-7-11-9-5-3-8(10)4-6-9;1-6-2-4-7(8)5-3-6/h4-8H2,1-3H3;3-6,10H,2,7H2,1H3;2-5H,1H3. The second kappa shape index (κ2) is 14.5. The van der Waals surface area contributed by atoms with Crippen LogP contribution in [0.5, 0.6) is 11.5 Å². The number of ether oxygens (including phenoxy) is 1. The van der Waals surface area contributed by atoms with Gasteiger partial charge in [-0.1, -0.05) is 50.1 Å². The zero-order valence-corrected chi connectivity index (χ0v) is 21.1. The molecular weight excluding hydrogens is 430 g/mol. The first kappa shape index (κ1) is 27.5. The van der Waals surface area contributed by atoms with E-state index in [1.807, 2.05) is 31.2 Å². The average Bonchev–Trinajstić information content (AvgIpc) is 3.55.